The summed E-state index contributed by atoms with van der Waals surface area (Å²) < 4.78 is 0. The molecular formula is C9H18. The van der Waals surface area contributed by atoms with Crippen molar-refractivity contribution in [1.29, 1.82) is 0 Å². The molecule has 0 aromatic heterocycles. The van der Waals surface area contributed by atoms with Crippen molar-refractivity contribution in [2.24, 2.45) is 5.92 Å². The first kappa shape index (κ1) is 8.74. The van der Waals surface area contributed by atoms with Gasteiger partial charge in [-0.05, 0) is 18.8 Å². The molecule has 1 aliphatic carbocycles. The van der Waals surface area contributed by atoms with Crippen LogP contribution in [0.15, 0.2) is 12.7 Å². The van der Waals surface area contributed by atoms with E-state index in [4.69, 9.17) is 0 Å². The molecule has 0 aliphatic heterocycles. The predicted molar refractivity (Wildman–Crippen MR) is 43.5 cm³/mol. The van der Waals surface area contributed by atoms with Crippen LogP contribution in [-0.2, 0) is 0 Å². The third kappa shape index (κ3) is 3.34. The maximum Gasteiger partial charge on any atom is -0.0236 e. The molecule has 1 saturated carbocycles. The summed E-state index contributed by atoms with van der Waals surface area (Å²) in [5.74, 6) is 0.861. The summed E-state index contributed by atoms with van der Waals surface area (Å²) in [6.45, 7) is 7.74. The van der Waals surface area contributed by atoms with Crippen LogP contribution < -0.4 is 0 Å². The minimum atomic E-state index is 0.861. The lowest BCUT2D eigenvalue weighted by atomic mass is 10.1. The van der Waals surface area contributed by atoms with Crippen LogP contribution in [-0.4, -0.2) is 0 Å². The second kappa shape index (κ2) is 5.87. The number of hydrogen-bond donors (Lipinski definition) is 0. The fraction of sp³-hybridized carbons (Fsp3) is 0.778. The Morgan fingerprint density at radius 3 is 1.89 bits per heavy atom. The average molecular weight is 126 g/mol. The molecule has 0 heteroatoms. The van der Waals surface area contributed by atoms with Crippen LogP contribution in [0.1, 0.15) is 39.5 Å². The van der Waals surface area contributed by atoms with Gasteiger partial charge in [0.15, 0.2) is 0 Å². The molecule has 1 aliphatic rings. The van der Waals surface area contributed by atoms with Gasteiger partial charge in [0, 0.05) is 0 Å². The van der Waals surface area contributed by atoms with Crippen LogP contribution in [0.3, 0.4) is 0 Å². The van der Waals surface area contributed by atoms with E-state index in [1.807, 2.05) is 13.8 Å². The van der Waals surface area contributed by atoms with Crippen molar-refractivity contribution in [3.63, 3.8) is 0 Å². The minimum absolute atomic E-state index is 0.861. The lowest BCUT2D eigenvalue weighted by molar-refractivity contribution is 0.688. The first-order valence-corrected chi connectivity index (χ1v) is 4.06. The molecule has 0 N–H and O–H groups in total. The topological polar surface area (TPSA) is 0 Å². The number of rotatable bonds is 1. The third-order valence-corrected chi connectivity index (χ3v) is 1.73. The van der Waals surface area contributed by atoms with Gasteiger partial charge in [-0.15, -0.1) is 6.58 Å². The molecule has 54 valence electrons. The maximum atomic E-state index is 3.74. The van der Waals surface area contributed by atoms with Crippen molar-refractivity contribution in [3.8, 4) is 0 Å². The van der Waals surface area contributed by atoms with Crippen molar-refractivity contribution < 1.29 is 0 Å². The van der Waals surface area contributed by atoms with Gasteiger partial charge in [0.05, 0.1) is 0 Å². The summed E-state index contributed by atoms with van der Waals surface area (Å²) in [6.07, 6.45) is 7.73. The highest BCUT2D eigenvalue weighted by Crippen LogP contribution is 2.24. The Labute approximate surface area is 59.0 Å². The van der Waals surface area contributed by atoms with Crippen LogP contribution >= 0.6 is 0 Å². The molecule has 9 heavy (non-hydrogen) atoms. The van der Waals surface area contributed by atoms with E-state index in [0.717, 1.165) is 5.92 Å². The highest BCUT2D eigenvalue weighted by Gasteiger charge is 2.09. The van der Waals surface area contributed by atoms with Crippen molar-refractivity contribution in [2.75, 3.05) is 0 Å². The van der Waals surface area contributed by atoms with E-state index < -0.39 is 0 Å². The monoisotopic (exact) mass is 126 g/mol. The van der Waals surface area contributed by atoms with Gasteiger partial charge >= 0.3 is 0 Å². The third-order valence-electron chi connectivity index (χ3n) is 1.73. The SMILES string of the molecule is C=CC1CCCC1.CC. The predicted octanol–water partition coefficient (Wildman–Crippen LogP) is 3.39. The summed E-state index contributed by atoms with van der Waals surface area (Å²) >= 11 is 0. The zero-order valence-electron chi connectivity index (χ0n) is 6.69. The zero-order valence-corrected chi connectivity index (χ0v) is 6.69. The van der Waals surface area contributed by atoms with Gasteiger partial charge in [0.2, 0.25) is 0 Å². The summed E-state index contributed by atoms with van der Waals surface area (Å²) in [5, 5.41) is 0. The van der Waals surface area contributed by atoms with E-state index in [-0.39, 0.29) is 0 Å². The van der Waals surface area contributed by atoms with Gasteiger partial charge in [-0.2, -0.15) is 0 Å². The van der Waals surface area contributed by atoms with Crippen molar-refractivity contribution in [3.05, 3.63) is 12.7 Å². The molecule has 0 radical (unpaired) electrons. The number of allylic oxidation sites excluding steroid dienone is 1. The first-order valence-electron chi connectivity index (χ1n) is 4.06. The van der Waals surface area contributed by atoms with Crippen LogP contribution in [0, 0.1) is 5.92 Å². The Hall–Kier alpha value is -0.260. The second-order valence-electron chi connectivity index (χ2n) is 2.28. The Bertz CT molecular complexity index is 58.4. The van der Waals surface area contributed by atoms with Gasteiger partial charge < -0.3 is 0 Å². The second-order valence-corrected chi connectivity index (χ2v) is 2.28. The lowest BCUT2D eigenvalue weighted by Gasteiger charge is -1.94. The quantitative estimate of drug-likeness (QED) is 0.472. The molecule has 0 amide bonds. The van der Waals surface area contributed by atoms with Gasteiger partial charge in [-0.1, -0.05) is 32.8 Å². The molecule has 0 spiro atoms. The summed E-state index contributed by atoms with van der Waals surface area (Å²) in [5.41, 5.74) is 0. The minimum Gasteiger partial charge on any atom is -0.103 e. The average Bonchev–Trinajstić information content (AvgIpc) is 2.43. The van der Waals surface area contributed by atoms with Crippen molar-refractivity contribution in [1.82, 2.24) is 0 Å². The van der Waals surface area contributed by atoms with E-state index in [0.29, 0.717) is 0 Å². The Morgan fingerprint density at radius 1 is 1.22 bits per heavy atom. The normalized spacial score (nSPS) is 18.4. The van der Waals surface area contributed by atoms with Gasteiger partial charge in [-0.25, -0.2) is 0 Å². The fourth-order valence-electron chi connectivity index (χ4n) is 1.19. The molecule has 0 saturated heterocycles. The van der Waals surface area contributed by atoms with E-state index in [9.17, 15) is 0 Å². The van der Waals surface area contributed by atoms with E-state index in [1.165, 1.54) is 25.7 Å². The Balaban J connectivity index is 0.000000291. The van der Waals surface area contributed by atoms with Gasteiger partial charge in [-0.3, -0.25) is 0 Å². The molecule has 1 fully saturated rings. The molecule has 0 heterocycles. The fourth-order valence-corrected chi connectivity index (χ4v) is 1.19. The molecule has 0 aromatic rings. The van der Waals surface area contributed by atoms with Gasteiger partial charge in [0.1, 0.15) is 0 Å². The molecule has 0 nitrogen and oxygen atoms in total. The first-order chi connectivity index (χ1) is 4.43. The van der Waals surface area contributed by atoms with Crippen LogP contribution in [0.5, 0.6) is 0 Å². The smallest absolute Gasteiger partial charge is 0.0236 e. The summed E-state index contributed by atoms with van der Waals surface area (Å²) in [7, 11) is 0. The van der Waals surface area contributed by atoms with E-state index in [2.05, 4.69) is 12.7 Å². The van der Waals surface area contributed by atoms with Crippen molar-refractivity contribution in [2.45, 2.75) is 39.5 Å². The summed E-state index contributed by atoms with van der Waals surface area (Å²) in [6, 6.07) is 0. The van der Waals surface area contributed by atoms with Crippen LogP contribution in [0.4, 0.5) is 0 Å². The molecule has 0 unspecified atom stereocenters. The molecule has 1 rings (SSSR count). The molecule has 0 bridgehead atoms. The molecule has 0 aromatic carbocycles. The molecular weight excluding hydrogens is 108 g/mol. The highest BCUT2D eigenvalue weighted by molar-refractivity contribution is 4.82. The Kier molecular flexibility index (Phi) is 5.70. The van der Waals surface area contributed by atoms with E-state index >= 15 is 0 Å². The van der Waals surface area contributed by atoms with Gasteiger partial charge in [0.25, 0.3) is 0 Å². The number of hydrogen-bond acceptors (Lipinski definition) is 0. The highest BCUT2D eigenvalue weighted by atomic mass is 14.1. The standard InChI is InChI=1S/C7H12.C2H6/c1-2-7-5-3-4-6-7;1-2/h2,7H,1,3-6H2;1-2H3. The lowest BCUT2D eigenvalue weighted by Crippen LogP contribution is -1.81. The van der Waals surface area contributed by atoms with Crippen LogP contribution in [0.25, 0.3) is 0 Å². The Morgan fingerprint density at radius 2 is 1.67 bits per heavy atom. The largest absolute Gasteiger partial charge is 0.103 e. The van der Waals surface area contributed by atoms with E-state index in [1.54, 1.807) is 0 Å². The van der Waals surface area contributed by atoms with Crippen LogP contribution in [0.2, 0.25) is 0 Å². The van der Waals surface area contributed by atoms with Crippen molar-refractivity contribution >= 4 is 0 Å². The molecule has 0 atom stereocenters. The maximum absolute atomic E-state index is 3.74. The zero-order chi connectivity index (χ0) is 7.11. The summed E-state index contributed by atoms with van der Waals surface area (Å²) in [4.78, 5) is 0.